The largest absolute Gasteiger partial charge is 0.479 e. The molecule has 6 heteroatoms. The average Bonchev–Trinajstić information content (AvgIpc) is 2.80. The maximum Gasteiger partial charge on any atom is 0.329 e. The lowest BCUT2D eigenvalue weighted by Gasteiger charge is -2.36. The van der Waals surface area contributed by atoms with Gasteiger partial charge in [0.2, 0.25) is 5.91 Å². The molecule has 1 aliphatic heterocycles. The molecule has 0 radical (unpaired) electrons. The van der Waals surface area contributed by atoms with Gasteiger partial charge in [0.1, 0.15) is 5.54 Å². The lowest BCUT2D eigenvalue weighted by atomic mass is 9.90. The topological polar surface area (TPSA) is 92.9 Å². The van der Waals surface area contributed by atoms with Crippen LogP contribution in [0.1, 0.15) is 39.0 Å². The van der Waals surface area contributed by atoms with Crippen molar-refractivity contribution < 1.29 is 19.4 Å². The van der Waals surface area contributed by atoms with Crippen LogP contribution in [0.25, 0.3) is 0 Å². The normalized spacial score (nSPS) is 24.5. The Morgan fingerprint density at radius 1 is 1.53 bits per heavy atom. The van der Waals surface area contributed by atoms with Crippen molar-refractivity contribution in [2.75, 3.05) is 20.3 Å². The molecule has 1 saturated heterocycles. The molecule has 2 unspecified atom stereocenters. The molecule has 1 rings (SSSR count). The van der Waals surface area contributed by atoms with E-state index in [1.54, 1.807) is 7.11 Å². The summed E-state index contributed by atoms with van der Waals surface area (Å²) in [6, 6.07) is -0.686. The first-order valence-corrected chi connectivity index (χ1v) is 6.79. The number of hydrogen-bond donors (Lipinski definition) is 2. The zero-order chi connectivity index (χ0) is 14.5. The Hall–Kier alpha value is -1.14. The summed E-state index contributed by atoms with van der Waals surface area (Å²) in [6.45, 7) is 2.80. The van der Waals surface area contributed by atoms with Crippen molar-refractivity contribution in [3.8, 4) is 0 Å². The Bertz CT molecular complexity index is 335. The van der Waals surface area contributed by atoms with Crippen LogP contribution in [-0.4, -0.2) is 53.7 Å². The maximum absolute atomic E-state index is 12.3. The van der Waals surface area contributed by atoms with E-state index in [1.165, 1.54) is 4.90 Å². The second kappa shape index (κ2) is 6.86. The molecule has 19 heavy (non-hydrogen) atoms. The lowest BCUT2D eigenvalue weighted by Crippen LogP contribution is -2.57. The van der Waals surface area contributed by atoms with Crippen molar-refractivity contribution >= 4 is 11.9 Å². The van der Waals surface area contributed by atoms with Crippen molar-refractivity contribution in [1.29, 1.82) is 0 Å². The number of hydrogen-bond acceptors (Lipinski definition) is 4. The van der Waals surface area contributed by atoms with Crippen LogP contribution >= 0.6 is 0 Å². The molecular formula is C13H24N2O4. The summed E-state index contributed by atoms with van der Waals surface area (Å²) in [7, 11) is 1.55. The third kappa shape index (κ3) is 3.25. The Balaban J connectivity index is 2.84. The molecule has 110 valence electrons. The summed E-state index contributed by atoms with van der Waals surface area (Å²) in [5, 5.41) is 9.51. The number of aliphatic carboxylic acids is 1. The SMILES string of the molecule is CCCC1(C(=O)O)CCCN1C(=O)C(N)CCOC. The van der Waals surface area contributed by atoms with Gasteiger partial charge in [0.25, 0.3) is 0 Å². The molecule has 2 atom stereocenters. The van der Waals surface area contributed by atoms with E-state index in [0.717, 1.165) is 12.8 Å². The predicted octanol–water partition coefficient (Wildman–Crippen LogP) is 0.596. The Labute approximate surface area is 113 Å². The van der Waals surface area contributed by atoms with E-state index in [-0.39, 0.29) is 5.91 Å². The second-order valence-electron chi connectivity index (χ2n) is 5.07. The van der Waals surface area contributed by atoms with Crippen LogP contribution < -0.4 is 5.73 Å². The summed E-state index contributed by atoms with van der Waals surface area (Å²) >= 11 is 0. The molecule has 0 aromatic carbocycles. The Kier molecular flexibility index (Phi) is 5.75. The smallest absolute Gasteiger partial charge is 0.329 e. The number of methoxy groups -OCH3 is 1. The first-order chi connectivity index (χ1) is 8.99. The molecular weight excluding hydrogens is 248 g/mol. The van der Waals surface area contributed by atoms with Crippen LogP contribution in [0.5, 0.6) is 0 Å². The van der Waals surface area contributed by atoms with Gasteiger partial charge in [0, 0.05) is 20.3 Å². The highest BCUT2D eigenvalue weighted by atomic mass is 16.5. The number of carbonyl (C=O) groups is 2. The van der Waals surface area contributed by atoms with Crippen LogP contribution in [0.3, 0.4) is 0 Å². The minimum absolute atomic E-state index is 0.273. The standard InChI is InChI=1S/C13H24N2O4/c1-3-6-13(12(17)18)7-4-8-15(13)11(16)10(14)5-9-19-2/h10H,3-9,14H2,1-2H3,(H,17,18). The van der Waals surface area contributed by atoms with E-state index in [4.69, 9.17) is 10.5 Å². The van der Waals surface area contributed by atoms with E-state index < -0.39 is 17.6 Å². The third-order valence-electron chi connectivity index (χ3n) is 3.77. The molecule has 0 spiro atoms. The Morgan fingerprint density at radius 2 is 2.21 bits per heavy atom. The average molecular weight is 272 g/mol. The van der Waals surface area contributed by atoms with Crippen molar-refractivity contribution in [2.45, 2.75) is 50.6 Å². The third-order valence-corrected chi connectivity index (χ3v) is 3.77. The summed E-state index contributed by atoms with van der Waals surface area (Å²) < 4.78 is 4.91. The van der Waals surface area contributed by atoms with E-state index in [2.05, 4.69) is 0 Å². The van der Waals surface area contributed by atoms with Crippen LogP contribution in [0.2, 0.25) is 0 Å². The van der Waals surface area contributed by atoms with Gasteiger partial charge in [-0.15, -0.1) is 0 Å². The highest BCUT2D eigenvalue weighted by Crippen LogP contribution is 2.34. The molecule has 1 amide bonds. The molecule has 0 bridgehead atoms. The summed E-state index contributed by atoms with van der Waals surface area (Å²) in [4.78, 5) is 25.4. The summed E-state index contributed by atoms with van der Waals surface area (Å²) in [6.07, 6.45) is 2.84. The number of ether oxygens (including phenoxy) is 1. The Morgan fingerprint density at radius 3 is 2.74 bits per heavy atom. The number of amides is 1. The number of likely N-dealkylation sites (tertiary alicyclic amines) is 1. The highest BCUT2D eigenvalue weighted by Gasteiger charge is 2.49. The minimum atomic E-state index is -1.06. The van der Waals surface area contributed by atoms with Gasteiger partial charge in [-0.05, 0) is 25.7 Å². The molecule has 0 aliphatic carbocycles. The summed E-state index contributed by atoms with van der Waals surface area (Å²) in [5.41, 5.74) is 4.78. The van der Waals surface area contributed by atoms with Gasteiger partial charge in [0.05, 0.1) is 6.04 Å². The zero-order valence-corrected chi connectivity index (χ0v) is 11.7. The fourth-order valence-corrected chi connectivity index (χ4v) is 2.77. The van der Waals surface area contributed by atoms with E-state index in [1.807, 2.05) is 6.92 Å². The molecule has 1 fully saturated rings. The van der Waals surface area contributed by atoms with Crippen LogP contribution in [0.4, 0.5) is 0 Å². The molecule has 1 aliphatic rings. The van der Waals surface area contributed by atoms with Gasteiger partial charge in [-0.2, -0.15) is 0 Å². The van der Waals surface area contributed by atoms with Gasteiger partial charge in [-0.3, -0.25) is 4.79 Å². The van der Waals surface area contributed by atoms with Gasteiger partial charge in [-0.25, -0.2) is 4.79 Å². The van der Waals surface area contributed by atoms with Crippen molar-refractivity contribution in [3.63, 3.8) is 0 Å². The zero-order valence-electron chi connectivity index (χ0n) is 11.7. The molecule has 0 aromatic rings. The van der Waals surface area contributed by atoms with Crippen LogP contribution in [-0.2, 0) is 14.3 Å². The van der Waals surface area contributed by atoms with Gasteiger partial charge >= 0.3 is 5.97 Å². The number of carboxylic acids is 1. The minimum Gasteiger partial charge on any atom is -0.479 e. The van der Waals surface area contributed by atoms with Crippen LogP contribution in [0, 0.1) is 0 Å². The van der Waals surface area contributed by atoms with Crippen molar-refractivity contribution in [3.05, 3.63) is 0 Å². The molecule has 1 heterocycles. The first kappa shape index (κ1) is 15.9. The summed E-state index contributed by atoms with van der Waals surface area (Å²) in [5.74, 6) is -1.19. The number of nitrogens with zero attached hydrogens (tertiary/aromatic N) is 1. The van der Waals surface area contributed by atoms with Crippen molar-refractivity contribution in [1.82, 2.24) is 4.90 Å². The monoisotopic (exact) mass is 272 g/mol. The van der Waals surface area contributed by atoms with E-state index >= 15 is 0 Å². The molecule has 3 N–H and O–H groups in total. The second-order valence-corrected chi connectivity index (χ2v) is 5.07. The molecule has 6 nitrogen and oxygen atoms in total. The van der Waals surface area contributed by atoms with E-state index in [0.29, 0.717) is 32.4 Å². The lowest BCUT2D eigenvalue weighted by molar-refractivity contribution is -0.157. The first-order valence-electron chi connectivity index (χ1n) is 6.79. The quantitative estimate of drug-likeness (QED) is 0.708. The number of rotatable bonds is 7. The molecule has 0 saturated carbocycles. The predicted molar refractivity (Wildman–Crippen MR) is 70.7 cm³/mol. The van der Waals surface area contributed by atoms with Crippen molar-refractivity contribution in [2.24, 2.45) is 5.73 Å². The number of nitrogens with two attached hydrogens (primary N) is 1. The maximum atomic E-state index is 12.3. The van der Waals surface area contributed by atoms with Gasteiger partial charge < -0.3 is 20.5 Å². The number of carbonyl (C=O) groups excluding carboxylic acids is 1. The highest BCUT2D eigenvalue weighted by molar-refractivity contribution is 5.90. The molecule has 0 aromatic heterocycles. The van der Waals surface area contributed by atoms with Crippen LogP contribution in [0.15, 0.2) is 0 Å². The fourth-order valence-electron chi connectivity index (χ4n) is 2.77. The van der Waals surface area contributed by atoms with Gasteiger partial charge in [0.15, 0.2) is 0 Å². The number of carboxylic acid groups (broad SMARTS) is 1. The van der Waals surface area contributed by atoms with E-state index in [9.17, 15) is 14.7 Å². The van der Waals surface area contributed by atoms with Gasteiger partial charge in [-0.1, -0.05) is 13.3 Å². The fraction of sp³-hybridized carbons (Fsp3) is 0.846.